The number of amides is 2. The maximum atomic E-state index is 14.3. The van der Waals surface area contributed by atoms with E-state index in [2.05, 4.69) is 5.32 Å². The van der Waals surface area contributed by atoms with Crippen molar-refractivity contribution in [1.82, 2.24) is 10.2 Å². The first-order valence-electron chi connectivity index (χ1n) is 13.5. The van der Waals surface area contributed by atoms with E-state index in [1.165, 1.54) is 25.1 Å². The molecule has 2 amide bonds. The topological polar surface area (TPSA) is 113 Å². The van der Waals surface area contributed by atoms with Crippen LogP contribution in [0, 0.1) is 0 Å². The number of hydrogen-bond acceptors (Lipinski definition) is 5. The second-order valence-electron chi connectivity index (χ2n) is 9.78. The Bertz CT molecular complexity index is 1510. The number of carboxylic acids is 1. The third-order valence-electron chi connectivity index (χ3n) is 6.68. The minimum Gasteiger partial charge on any atom is -0.478 e. The van der Waals surface area contributed by atoms with Gasteiger partial charge < -0.3 is 20.1 Å². The van der Waals surface area contributed by atoms with E-state index in [-0.39, 0.29) is 30.6 Å². The molecule has 0 radical (unpaired) electrons. The zero-order valence-corrected chi connectivity index (χ0v) is 23.2. The minimum absolute atomic E-state index is 0.0319. The van der Waals surface area contributed by atoms with Crippen LogP contribution in [0.3, 0.4) is 0 Å². The number of esters is 1. The summed E-state index contributed by atoms with van der Waals surface area (Å²) in [6.45, 7) is 1.54. The van der Waals surface area contributed by atoms with Gasteiger partial charge in [0.2, 0.25) is 5.91 Å². The summed E-state index contributed by atoms with van der Waals surface area (Å²) in [6.07, 6.45) is -0.590. The van der Waals surface area contributed by atoms with Crippen LogP contribution < -0.4 is 5.32 Å². The van der Waals surface area contributed by atoms with Gasteiger partial charge in [0.1, 0.15) is 12.1 Å². The van der Waals surface area contributed by atoms with Crippen molar-refractivity contribution < 1.29 is 29.0 Å². The van der Waals surface area contributed by atoms with E-state index in [0.717, 1.165) is 16.7 Å². The molecule has 8 nitrogen and oxygen atoms in total. The standard InChI is InChI=1S/C34H32N2O6/c1-24(37)42-31(27-17-9-4-10-18-27)23-36(22-26-15-7-3-8-16-26)33(39)30(21-25-13-5-2-6-14-25)35-32(38)28-19-11-12-20-29(28)34(40)41/h2-20,30-31H,21-23H2,1H3,(H,35,38)(H,40,41). The summed E-state index contributed by atoms with van der Waals surface area (Å²) < 4.78 is 5.66. The SMILES string of the molecule is CC(=O)OC(CN(Cc1ccccc1)C(=O)C(Cc1ccccc1)NC(=O)c1ccccc1C(=O)O)c1ccccc1. The molecule has 42 heavy (non-hydrogen) atoms. The van der Waals surface area contributed by atoms with Gasteiger partial charge in [-0.25, -0.2) is 4.79 Å². The third kappa shape index (κ3) is 8.14. The molecular formula is C34H32N2O6. The summed E-state index contributed by atoms with van der Waals surface area (Å²) >= 11 is 0. The van der Waals surface area contributed by atoms with Crippen molar-refractivity contribution in [2.24, 2.45) is 0 Å². The molecule has 0 fully saturated rings. The summed E-state index contributed by atoms with van der Waals surface area (Å²) in [5.41, 5.74) is 2.16. The summed E-state index contributed by atoms with van der Waals surface area (Å²) in [5, 5.41) is 12.4. The molecule has 8 heteroatoms. The van der Waals surface area contributed by atoms with E-state index < -0.39 is 35.9 Å². The van der Waals surface area contributed by atoms with E-state index in [0.29, 0.717) is 0 Å². The Morgan fingerprint density at radius 3 is 1.83 bits per heavy atom. The molecule has 0 heterocycles. The lowest BCUT2D eigenvalue weighted by Crippen LogP contribution is -2.50. The fraction of sp³-hybridized carbons (Fsp3) is 0.176. The quantitative estimate of drug-likeness (QED) is 0.233. The second kappa shape index (κ2) is 14.4. The van der Waals surface area contributed by atoms with Crippen molar-refractivity contribution in [2.75, 3.05) is 6.54 Å². The third-order valence-corrected chi connectivity index (χ3v) is 6.68. The van der Waals surface area contributed by atoms with Crippen LogP contribution in [0.25, 0.3) is 0 Å². The number of carboxylic acid groups (broad SMARTS) is 1. The van der Waals surface area contributed by atoms with Crippen molar-refractivity contribution in [3.05, 3.63) is 143 Å². The van der Waals surface area contributed by atoms with Gasteiger partial charge in [0.25, 0.3) is 5.91 Å². The van der Waals surface area contributed by atoms with Gasteiger partial charge in [-0.3, -0.25) is 14.4 Å². The van der Waals surface area contributed by atoms with Crippen LogP contribution in [-0.4, -0.2) is 46.3 Å². The van der Waals surface area contributed by atoms with Crippen LogP contribution in [0.2, 0.25) is 0 Å². The first-order chi connectivity index (χ1) is 20.3. The van der Waals surface area contributed by atoms with Gasteiger partial charge in [-0.2, -0.15) is 0 Å². The number of carbonyl (C=O) groups excluding carboxylic acids is 3. The molecule has 0 aromatic heterocycles. The van der Waals surface area contributed by atoms with Crippen molar-refractivity contribution in [1.29, 1.82) is 0 Å². The molecule has 214 valence electrons. The number of rotatable bonds is 12. The van der Waals surface area contributed by atoms with Gasteiger partial charge in [0.15, 0.2) is 0 Å². The van der Waals surface area contributed by atoms with Crippen LogP contribution >= 0.6 is 0 Å². The largest absolute Gasteiger partial charge is 0.478 e. The lowest BCUT2D eigenvalue weighted by Gasteiger charge is -2.31. The molecule has 4 aromatic carbocycles. The van der Waals surface area contributed by atoms with Gasteiger partial charge in [0.05, 0.1) is 17.7 Å². The maximum Gasteiger partial charge on any atom is 0.336 e. The number of benzene rings is 4. The predicted octanol–water partition coefficient (Wildman–Crippen LogP) is 5.06. The first kappa shape index (κ1) is 29.7. The molecule has 0 saturated carbocycles. The highest BCUT2D eigenvalue weighted by Crippen LogP contribution is 2.22. The van der Waals surface area contributed by atoms with Crippen molar-refractivity contribution in [3.63, 3.8) is 0 Å². The molecule has 2 N–H and O–H groups in total. The zero-order chi connectivity index (χ0) is 29.9. The highest BCUT2D eigenvalue weighted by Gasteiger charge is 2.31. The molecule has 4 rings (SSSR count). The molecule has 2 unspecified atom stereocenters. The summed E-state index contributed by atoms with van der Waals surface area (Å²) in [6, 6.07) is 32.6. The molecule has 0 aliphatic rings. The normalized spacial score (nSPS) is 12.0. The summed E-state index contributed by atoms with van der Waals surface area (Å²) in [7, 11) is 0. The second-order valence-corrected chi connectivity index (χ2v) is 9.78. The highest BCUT2D eigenvalue weighted by atomic mass is 16.5. The molecule has 0 aliphatic heterocycles. The number of nitrogens with one attached hydrogen (secondary N) is 1. The molecule has 0 saturated heterocycles. The van der Waals surface area contributed by atoms with Gasteiger partial charge in [0, 0.05) is 19.9 Å². The summed E-state index contributed by atoms with van der Waals surface area (Å²) in [5.74, 6) is -2.82. The molecule has 0 aliphatic carbocycles. The van der Waals surface area contributed by atoms with Gasteiger partial charge in [-0.05, 0) is 28.8 Å². The molecule has 0 spiro atoms. The molecule has 0 bridgehead atoms. The minimum atomic E-state index is -1.25. The lowest BCUT2D eigenvalue weighted by molar-refractivity contribution is -0.150. The number of aromatic carboxylic acids is 1. The van der Waals surface area contributed by atoms with Crippen LogP contribution in [0.5, 0.6) is 0 Å². The average molecular weight is 565 g/mol. The average Bonchev–Trinajstić information content (AvgIpc) is 3.01. The summed E-state index contributed by atoms with van der Waals surface area (Å²) in [4.78, 5) is 53.2. The molecular weight excluding hydrogens is 532 g/mol. The van der Waals surface area contributed by atoms with Gasteiger partial charge >= 0.3 is 11.9 Å². The fourth-order valence-electron chi connectivity index (χ4n) is 4.69. The highest BCUT2D eigenvalue weighted by molar-refractivity contribution is 6.06. The smallest absolute Gasteiger partial charge is 0.336 e. The number of hydrogen-bond donors (Lipinski definition) is 2. The molecule has 4 aromatic rings. The van der Waals surface area contributed by atoms with Gasteiger partial charge in [-0.1, -0.05) is 103 Å². The Hall–Kier alpha value is -5.24. The first-order valence-corrected chi connectivity index (χ1v) is 13.5. The van der Waals surface area contributed by atoms with Crippen molar-refractivity contribution in [2.45, 2.75) is 32.0 Å². The van der Waals surface area contributed by atoms with Crippen molar-refractivity contribution in [3.8, 4) is 0 Å². The van der Waals surface area contributed by atoms with Crippen LogP contribution in [0.4, 0.5) is 0 Å². The fourth-order valence-corrected chi connectivity index (χ4v) is 4.69. The monoisotopic (exact) mass is 564 g/mol. The Morgan fingerprint density at radius 2 is 1.26 bits per heavy atom. The Labute approximate surface area is 244 Å². The van der Waals surface area contributed by atoms with E-state index in [9.17, 15) is 24.3 Å². The van der Waals surface area contributed by atoms with E-state index >= 15 is 0 Å². The zero-order valence-electron chi connectivity index (χ0n) is 23.2. The lowest BCUT2D eigenvalue weighted by atomic mass is 10.0. The maximum absolute atomic E-state index is 14.3. The van der Waals surface area contributed by atoms with Crippen LogP contribution in [0.1, 0.15) is 50.4 Å². The Balaban J connectivity index is 1.71. The number of nitrogens with zero attached hydrogens (tertiary/aromatic N) is 1. The number of ether oxygens (including phenoxy) is 1. The van der Waals surface area contributed by atoms with Crippen molar-refractivity contribution >= 4 is 23.8 Å². The Kier molecular flexibility index (Phi) is 10.2. The van der Waals surface area contributed by atoms with E-state index in [4.69, 9.17) is 4.74 Å². The Morgan fingerprint density at radius 1 is 0.738 bits per heavy atom. The number of carbonyl (C=O) groups is 4. The van der Waals surface area contributed by atoms with Crippen LogP contribution in [0.15, 0.2) is 115 Å². The predicted molar refractivity (Wildman–Crippen MR) is 158 cm³/mol. The van der Waals surface area contributed by atoms with E-state index in [1.54, 1.807) is 11.0 Å². The molecule has 2 atom stereocenters. The van der Waals surface area contributed by atoms with E-state index in [1.807, 2.05) is 91.0 Å². The van der Waals surface area contributed by atoms with Crippen LogP contribution in [-0.2, 0) is 27.3 Å². The van der Waals surface area contributed by atoms with Gasteiger partial charge in [-0.15, -0.1) is 0 Å².